The molecule has 0 aliphatic carbocycles. The highest BCUT2D eigenvalue weighted by atomic mass is 32.1. The predicted octanol–water partition coefficient (Wildman–Crippen LogP) is 1.94. The Morgan fingerprint density at radius 2 is 2.00 bits per heavy atom. The maximum Gasteiger partial charge on any atom is 0.261 e. The molecule has 6 heteroatoms. The van der Waals surface area contributed by atoms with Crippen molar-refractivity contribution in [3.63, 3.8) is 0 Å². The van der Waals surface area contributed by atoms with Crippen molar-refractivity contribution in [3.05, 3.63) is 57.8 Å². The van der Waals surface area contributed by atoms with Crippen molar-refractivity contribution in [2.75, 3.05) is 6.54 Å². The maximum absolute atomic E-state index is 11.6. The molecular weight excluding hydrogens is 286 g/mol. The summed E-state index contributed by atoms with van der Waals surface area (Å²) in [6.45, 7) is 1.89. The monoisotopic (exact) mass is 301 g/mol. The van der Waals surface area contributed by atoms with E-state index in [9.17, 15) is 9.59 Å². The maximum atomic E-state index is 11.6. The smallest absolute Gasteiger partial charge is 0.261 e. The molecule has 0 atom stereocenters. The molecule has 0 radical (unpaired) electrons. The van der Waals surface area contributed by atoms with E-state index in [1.807, 2.05) is 31.2 Å². The molecule has 108 valence electrons. The summed E-state index contributed by atoms with van der Waals surface area (Å²) in [5.74, 6) is -0.633. The normalized spacial score (nSPS) is 10.5. The van der Waals surface area contributed by atoms with E-state index in [2.05, 4.69) is 15.8 Å². The van der Waals surface area contributed by atoms with E-state index in [0.29, 0.717) is 4.88 Å². The van der Waals surface area contributed by atoms with Crippen molar-refractivity contribution in [2.24, 2.45) is 5.10 Å². The highest BCUT2D eigenvalue weighted by Crippen LogP contribution is 2.07. The van der Waals surface area contributed by atoms with Gasteiger partial charge in [-0.2, -0.15) is 5.10 Å². The summed E-state index contributed by atoms with van der Waals surface area (Å²) in [7, 11) is 0. The Morgan fingerprint density at radius 1 is 1.24 bits per heavy atom. The molecule has 2 N–H and O–H groups in total. The number of thiophene rings is 1. The highest BCUT2D eigenvalue weighted by molar-refractivity contribution is 7.12. The van der Waals surface area contributed by atoms with Gasteiger partial charge in [0.15, 0.2) is 0 Å². The van der Waals surface area contributed by atoms with Crippen LogP contribution in [-0.4, -0.2) is 24.6 Å². The summed E-state index contributed by atoms with van der Waals surface area (Å²) in [6, 6.07) is 11.2. The fourth-order valence-electron chi connectivity index (χ4n) is 1.53. The first kappa shape index (κ1) is 14.9. The van der Waals surface area contributed by atoms with Crippen LogP contribution in [0.2, 0.25) is 0 Å². The number of hydrogen-bond donors (Lipinski definition) is 2. The van der Waals surface area contributed by atoms with Gasteiger partial charge in [0.05, 0.1) is 17.6 Å². The standard InChI is InChI=1S/C15H15N3O2S/c1-11-4-6-12(7-5-11)9-17-18-14(19)10-16-15(20)13-3-2-8-21-13/h2-9H,10H2,1H3,(H,16,20)(H,18,19)/b17-9-. The number of benzene rings is 1. The molecular formula is C15H15N3O2S. The molecule has 0 saturated heterocycles. The van der Waals surface area contributed by atoms with Gasteiger partial charge in [0.1, 0.15) is 0 Å². The van der Waals surface area contributed by atoms with Gasteiger partial charge in [-0.1, -0.05) is 35.9 Å². The molecule has 2 amide bonds. The number of nitrogens with one attached hydrogen (secondary N) is 2. The second-order valence-corrected chi connectivity index (χ2v) is 5.31. The van der Waals surface area contributed by atoms with Crippen LogP contribution in [0.25, 0.3) is 0 Å². The van der Waals surface area contributed by atoms with Crippen LogP contribution in [0, 0.1) is 6.92 Å². The predicted molar refractivity (Wildman–Crippen MR) is 83.6 cm³/mol. The number of carbonyl (C=O) groups is 2. The lowest BCUT2D eigenvalue weighted by Crippen LogP contribution is -2.34. The SMILES string of the molecule is Cc1ccc(/C=N\NC(=O)CNC(=O)c2cccs2)cc1. The highest BCUT2D eigenvalue weighted by Gasteiger charge is 2.07. The quantitative estimate of drug-likeness (QED) is 0.654. The van der Waals surface area contributed by atoms with Gasteiger partial charge in [0.2, 0.25) is 0 Å². The van der Waals surface area contributed by atoms with Crippen LogP contribution in [0.15, 0.2) is 46.9 Å². The molecule has 0 saturated carbocycles. The van der Waals surface area contributed by atoms with Crippen LogP contribution >= 0.6 is 11.3 Å². The zero-order valence-corrected chi connectivity index (χ0v) is 12.3. The molecule has 0 aliphatic rings. The van der Waals surface area contributed by atoms with E-state index in [1.54, 1.807) is 23.7 Å². The lowest BCUT2D eigenvalue weighted by Gasteiger charge is -2.02. The van der Waals surface area contributed by atoms with Crippen molar-refractivity contribution in [2.45, 2.75) is 6.92 Å². The van der Waals surface area contributed by atoms with E-state index < -0.39 is 0 Å². The van der Waals surface area contributed by atoms with E-state index >= 15 is 0 Å². The van der Waals surface area contributed by atoms with Crippen molar-refractivity contribution in [1.29, 1.82) is 0 Å². The molecule has 21 heavy (non-hydrogen) atoms. The zero-order chi connectivity index (χ0) is 15.1. The van der Waals surface area contributed by atoms with Crippen molar-refractivity contribution in [3.8, 4) is 0 Å². The molecule has 0 bridgehead atoms. The van der Waals surface area contributed by atoms with Gasteiger partial charge in [-0.05, 0) is 23.9 Å². The van der Waals surface area contributed by atoms with Crippen LogP contribution in [0.4, 0.5) is 0 Å². The zero-order valence-electron chi connectivity index (χ0n) is 11.5. The average Bonchev–Trinajstić information content (AvgIpc) is 3.01. The number of hydrogen-bond acceptors (Lipinski definition) is 4. The van der Waals surface area contributed by atoms with Crippen molar-refractivity contribution >= 4 is 29.4 Å². The first-order valence-corrected chi connectivity index (χ1v) is 7.23. The Balaban J connectivity index is 1.74. The first-order valence-electron chi connectivity index (χ1n) is 6.35. The summed E-state index contributed by atoms with van der Waals surface area (Å²) < 4.78 is 0. The van der Waals surface area contributed by atoms with E-state index in [1.165, 1.54) is 11.3 Å². The van der Waals surface area contributed by atoms with Crippen LogP contribution in [0.1, 0.15) is 20.8 Å². The van der Waals surface area contributed by atoms with Gasteiger partial charge in [-0.25, -0.2) is 5.43 Å². The van der Waals surface area contributed by atoms with Gasteiger partial charge in [-0.15, -0.1) is 11.3 Å². The van der Waals surface area contributed by atoms with Gasteiger partial charge in [0, 0.05) is 0 Å². The van der Waals surface area contributed by atoms with Gasteiger partial charge >= 0.3 is 0 Å². The number of rotatable bonds is 5. The van der Waals surface area contributed by atoms with E-state index in [4.69, 9.17) is 0 Å². The summed E-state index contributed by atoms with van der Waals surface area (Å²) in [5.41, 5.74) is 4.42. The molecule has 0 fully saturated rings. The average molecular weight is 301 g/mol. The van der Waals surface area contributed by atoms with E-state index in [0.717, 1.165) is 11.1 Å². The lowest BCUT2D eigenvalue weighted by atomic mass is 10.2. The Morgan fingerprint density at radius 3 is 2.67 bits per heavy atom. The minimum Gasteiger partial charge on any atom is -0.342 e. The minimum absolute atomic E-state index is 0.109. The van der Waals surface area contributed by atoms with E-state index in [-0.39, 0.29) is 18.4 Å². The molecule has 2 rings (SSSR count). The Labute approximate surface area is 126 Å². The molecule has 1 heterocycles. The number of carbonyl (C=O) groups excluding carboxylic acids is 2. The van der Waals surface area contributed by atoms with Gasteiger partial charge in [0.25, 0.3) is 11.8 Å². The van der Waals surface area contributed by atoms with Crippen molar-refractivity contribution in [1.82, 2.24) is 10.7 Å². The topological polar surface area (TPSA) is 70.6 Å². The fraction of sp³-hybridized carbons (Fsp3) is 0.133. The van der Waals surface area contributed by atoms with Gasteiger partial charge in [-0.3, -0.25) is 9.59 Å². The van der Waals surface area contributed by atoms with Crippen LogP contribution in [0.5, 0.6) is 0 Å². The molecule has 1 aromatic carbocycles. The van der Waals surface area contributed by atoms with Gasteiger partial charge < -0.3 is 5.32 Å². The third kappa shape index (κ3) is 4.85. The van der Waals surface area contributed by atoms with Crippen LogP contribution in [0.3, 0.4) is 0 Å². The molecule has 0 aliphatic heterocycles. The van der Waals surface area contributed by atoms with Crippen molar-refractivity contribution < 1.29 is 9.59 Å². The second kappa shape index (κ2) is 7.35. The summed E-state index contributed by atoms with van der Waals surface area (Å²) in [6.07, 6.45) is 1.55. The van der Waals surface area contributed by atoms with Crippen LogP contribution in [-0.2, 0) is 4.79 Å². The third-order valence-electron chi connectivity index (χ3n) is 2.63. The molecule has 2 aromatic rings. The Kier molecular flexibility index (Phi) is 5.22. The summed E-state index contributed by atoms with van der Waals surface area (Å²) >= 11 is 1.33. The summed E-state index contributed by atoms with van der Waals surface area (Å²) in [5, 5.41) is 8.17. The molecule has 0 unspecified atom stereocenters. The largest absolute Gasteiger partial charge is 0.342 e. The Bertz CT molecular complexity index is 633. The van der Waals surface area contributed by atoms with Crippen LogP contribution < -0.4 is 10.7 Å². The number of nitrogens with zero attached hydrogens (tertiary/aromatic N) is 1. The second-order valence-electron chi connectivity index (χ2n) is 4.36. The lowest BCUT2D eigenvalue weighted by molar-refractivity contribution is -0.120. The summed E-state index contributed by atoms with van der Waals surface area (Å²) in [4.78, 5) is 23.7. The number of amides is 2. The minimum atomic E-state index is -0.372. The number of aryl methyl sites for hydroxylation is 1. The molecule has 0 spiro atoms. The third-order valence-corrected chi connectivity index (χ3v) is 3.50. The molecule has 1 aromatic heterocycles. The fourth-order valence-corrected chi connectivity index (χ4v) is 2.17. The number of hydrazone groups is 1. The first-order chi connectivity index (χ1) is 10.1. The molecule has 5 nitrogen and oxygen atoms in total. The Hall–Kier alpha value is -2.47.